The summed E-state index contributed by atoms with van der Waals surface area (Å²) in [6.45, 7) is 3.69. The minimum Gasteiger partial charge on any atom is -0.493 e. The first-order chi connectivity index (χ1) is 29.9. The first-order valence-electron chi connectivity index (χ1n) is 19.0. The standard InChI is InChI=1S/C48H38O14/c1-30(55-3)28-29-56-37-14-4-32(5-15-37)44(50)58-39-18-8-34(9-19-39)46(52)60-41-22-12-36(13-23-41)48(54)62-43-26-24-42(25-27-43)61-47(53)35-10-20-40(21-11-35)59-45(51)33-6-16-38(17-7-33)57-31(2)49/h4-27,30H,28-29H2,1-3H3. The third-order valence-electron chi connectivity index (χ3n) is 8.78. The molecule has 14 nitrogen and oxygen atoms in total. The van der Waals surface area contributed by atoms with Crippen LogP contribution in [0.5, 0.6) is 40.2 Å². The van der Waals surface area contributed by atoms with Gasteiger partial charge in [0, 0.05) is 20.5 Å². The quantitative estimate of drug-likeness (QED) is 0.0669. The molecule has 6 aromatic rings. The number of ether oxygens (including phenoxy) is 8. The molecule has 0 aromatic heterocycles. The topological polar surface area (TPSA) is 176 Å². The Kier molecular flexibility index (Phi) is 14.5. The van der Waals surface area contributed by atoms with Gasteiger partial charge in [0.1, 0.15) is 40.2 Å². The van der Waals surface area contributed by atoms with E-state index in [-0.39, 0.29) is 62.9 Å². The van der Waals surface area contributed by atoms with Crippen LogP contribution in [0.4, 0.5) is 0 Å². The largest absolute Gasteiger partial charge is 0.493 e. The van der Waals surface area contributed by atoms with Crippen molar-refractivity contribution in [2.45, 2.75) is 26.4 Å². The molecule has 1 atom stereocenters. The highest BCUT2D eigenvalue weighted by atomic mass is 16.6. The van der Waals surface area contributed by atoms with E-state index in [0.717, 1.165) is 6.42 Å². The zero-order chi connectivity index (χ0) is 44.0. The molecule has 0 saturated carbocycles. The van der Waals surface area contributed by atoms with Crippen LogP contribution in [0.25, 0.3) is 0 Å². The van der Waals surface area contributed by atoms with Gasteiger partial charge in [0.2, 0.25) is 0 Å². The van der Waals surface area contributed by atoms with Gasteiger partial charge in [-0.3, -0.25) is 4.79 Å². The van der Waals surface area contributed by atoms with Gasteiger partial charge in [-0.15, -0.1) is 0 Å². The summed E-state index contributed by atoms with van der Waals surface area (Å²) in [6.07, 6.45) is 0.801. The molecule has 0 aliphatic rings. The van der Waals surface area contributed by atoms with E-state index in [1.165, 1.54) is 128 Å². The molecule has 6 aromatic carbocycles. The molecule has 0 aliphatic heterocycles. The third kappa shape index (κ3) is 12.5. The van der Waals surface area contributed by atoms with Crippen LogP contribution in [0.3, 0.4) is 0 Å². The van der Waals surface area contributed by atoms with Gasteiger partial charge in [-0.05, 0) is 153 Å². The van der Waals surface area contributed by atoms with E-state index in [0.29, 0.717) is 17.9 Å². The summed E-state index contributed by atoms with van der Waals surface area (Å²) >= 11 is 0. The van der Waals surface area contributed by atoms with Crippen LogP contribution in [-0.4, -0.2) is 55.6 Å². The highest BCUT2D eigenvalue weighted by Gasteiger charge is 2.16. The summed E-state index contributed by atoms with van der Waals surface area (Å²) in [6, 6.07) is 35.5. The zero-order valence-corrected chi connectivity index (χ0v) is 33.6. The van der Waals surface area contributed by atoms with E-state index in [2.05, 4.69) is 0 Å². The van der Waals surface area contributed by atoms with Crippen LogP contribution in [0.15, 0.2) is 146 Å². The number of carbonyl (C=O) groups is 6. The van der Waals surface area contributed by atoms with Gasteiger partial charge >= 0.3 is 35.8 Å². The number of methoxy groups -OCH3 is 1. The van der Waals surface area contributed by atoms with Crippen molar-refractivity contribution in [1.29, 1.82) is 0 Å². The maximum atomic E-state index is 12.8. The summed E-state index contributed by atoms with van der Waals surface area (Å²) in [5.41, 5.74) is 1.12. The SMILES string of the molecule is COC(C)CCOc1ccc(C(=O)Oc2ccc(C(=O)Oc3ccc(C(=O)Oc4ccc(OC(=O)c5ccc(OC(=O)c6ccc(OC(C)=O)cc6)cc5)cc4)cc3)cc2)cc1. The van der Waals surface area contributed by atoms with E-state index in [4.69, 9.17) is 37.9 Å². The Hall–Kier alpha value is -8.10. The molecule has 0 heterocycles. The molecular formula is C48H38O14. The van der Waals surface area contributed by atoms with Gasteiger partial charge in [-0.1, -0.05) is 0 Å². The van der Waals surface area contributed by atoms with Crippen molar-refractivity contribution >= 4 is 35.8 Å². The lowest BCUT2D eigenvalue weighted by Crippen LogP contribution is -2.11. The lowest BCUT2D eigenvalue weighted by Gasteiger charge is -2.11. The molecule has 314 valence electrons. The van der Waals surface area contributed by atoms with Gasteiger partial charge in [0.15, 0.2) is 0 Å². The number of rotatable bonds is 16. The first-order valence-corrected chi connectivity index (χ1v) is 19.0. The number of hydrogen-bond acceptors (Lipinski definition) is 14. The minimum atomic E-state index is -0.686. The van der Waals surface area contributed by atoms with E-state index in [1.807, 2.05) is 6.92 Å². The van der Waals surface area contributed by atoms with Crippen LogP contribution in [-0.2, 0) is 9.53 Å². The molecule has 1 unspecified atom stereocenters. The van der Waals surface area contributed by atoms with Crippen LogP contribution in [0, 0.1) is 0 Å². The van der Waals surface area contributed by atoms with Gasteiger partial charge in [0.05, 0.1) is 40.5 Å². The normalized spacial score (nSPS) is 11.0. The third-order valence-corrected chi connectivity index (χ3v) is 8.78. The van der Waals surface area contributed by atoms with Crippen molar-refractivity contribution in [2.75, 3.05) is 13.7 Å². The highest BCUT2D eigenvalue weighted by Crippen LogP contribution is 2.23. The molecule has 0 aliphatic carbocycles. The Balaban J connectivity index is 0.928. The number of hydrogen-bond donors (Lipinski definition) is 0. The lowest BCUT2D eigenvalue weighted by molar-refractivity contribution is -0.131. The average molecular weight is 839 g/mol. The molecule has 0 radical (unpaired) electrons. The predicted octanol–water partition coefficient (Wildman–Crippen LogP) is 8.51. The lowest BCUT2D eigenvalue weighted by atomic mass is 10.2. The molecule has 0 bridgehead atoms. The van der Waals surface area contributed by atoms with E-state index in [9.17, 15) is 28.8 Å². The number of carbonyl (C=O) groups excluding carboxylic acids is 6. The molecular weight excluding hydrogens is 801 g/mol. The number of esters is 6. The van der Waals surface area contributed by atoms with Gasteiger partial charge in [-0.2, -0.15) is 0 Å². The summed E-state index contributed by atoms with van der Waals surface area (Å²) in [4.78, 5) is 74.5. The van der Waals surface area contributed by atoms with Crippen LogP contribution in [0.2, 0.25) is 0 Å². The van der Waals surface area contributed by atoms with Gasteiger partial charge in [0.25, 0.3) is 0 Å². The van der Waals surface area contributed by atoms with E-state index in [1.54, 1.807) is 31.4 Å². The Labute approximate surface area is 355 Å². The summed E-state index contributed by atoms with van der Waals surface area (Å²) in [5, 5.41) is 0. The summed E-state index contributed by atoms with van der Waals surface area (Å²) in [7, 11) is 1.64. The van der Waals surface area contributed by atoms with Crippen LogP contribution >= 0.6 is 0 Å². The second kappa shape index (κ2) is 20.7. The van der Waals surface area contributed by atoms with Gasteiger partial charge in [-0.25, -0.2) is 24.0 Å². The highest BCUT2D eigenvalue weighted by molar-refractivity contribution is 5.94. The molecule has 6 rings (SSSR count). The second-order valence-electron chi connectivity index (χ2n) is 13.3. The molecule has 0 fully saturated rings. The van der Waals surface area contributed by atoms with Crippen LogP contribution in [0.1, 0.15) is 72.1 Å². The second-order valence-corrected chi connectivity index (χ2v) is 13.3. The molecule has 0 amide bonds. The average Bonchev–Trinajstić information content (AvgIpc) is 3.28. The van der Waals surface area contributed by atoms with Crippen molar-refractivity contribution < 1.29 is 66.7 Å². The Morgan fingerprint density at radius 2 is 0.597 bits per heavy atom. The maximum absolute atomic E-state index is 12.8. The summed E-state index contributed by atoms with van der Waals surface area (Å²) in [5.74, 6) is -1.89. The molecule has 62 heavy (non-hydrogen) atoms. The van der Waals surface area contributed by atoms with Crippen molar-refractivity contribution in [3.63, 3.8) is 0 Å². The molecule has 0 spiro atoms. The minimum absolute atomic E-state index is 0.0756. The monoisotopic (exact) mass is 838 g/mol. The fraction of sp³-hybridized carbons (Fsp3) is 0.125. The number of benzene rings is 6. The van der Waals surface area contributed by atoms with Crippen LogP contribution < -0.4 is 33.2 Å². The Bertz CT molecular complexity index is 2510. The Morgan fingerprint density at radius 3 is 0.839 bits per heavy atom. The van der Waals surface area contributed by atoms with Gasteiger partial charge < -0.3 is 37.9 Å². The van der Waals surface area contributed by atoms with Crippen molar-refractivity contribution in [2.24, 2.45) is 0 Å². The predicted molar refractivity (Wildman–Crippen MR) is 221 cm³/mol. The maximum Gasteiger partial charge on any atom is 0.343 e. The van der Waals surface area contributed by atoms with E-state index < -0.39 is 35.8 Å². The van der Waals surface area contributed by atoms with Crippen molar-refractivity contribution in [3.05, 3.63) is 173 Å². The summed E-state index contributed by atoms with van der Waals surface area (Å²) < 4.78 is 42.9. The van der Waals surface area contributed by atoms with E-state index >= 15 is 0 Å². The smallest absolute Gasteiger partial charge is 0.343 e. The fourth-order valence-corrected chi connectivity index (χ4v) is 5.36. The molecule has 0 N–H and O–H groups in total. The molecule has 0 saturated heterocycles. The first kappa shape index (κ1) is 43.5. The zero-order valence-electron chi connectivity index (χ0n) is 33.6. The molecule has 14 heteroatoms. The Morgan fingerprint density at radius 1 is 0.371 bits per heavy atom. The van der Waals surface area contributed by atoms with Crippen molar-refractivity contribution in [1.82, 2.24) is 0 Å². The van der Waals surface area contributed by atoms with Crippen molar-refractivity contribution in [3.8, 4) is 40.2 Å². The fourth-order valence-electron chi connectivity index (χ4n) is 5.36.